The Balaban J connectivity index is 2.19. The summed E-state index contributed by atoms with van der Waals surface area (Å²) >= 11 is 0. The molecule has 0 bridgehead atoms. The van der Waals surface area contributed by atoms with Crippen LogP contribution in [0.4, 0.5) is 16.2 Å². The summed E-state index contributed by atoms with van der Waals surface area (Å²) in [6, 6.07) is 8.61. The van der Waals surface area contributed by atoms with E-state index < -0.39 is 26.7 Å². The van der Waals surface area contributed by atoms with E-state index in [0.717, 1.165) is 11.6 Å². The van der Waals surface area contributed by atoms with E-state index in [1.165, 1.54) is 24.3 Å². The Bertz CT molecular complexity index is 926. The molecule has 0 saturated heterocycles. The second kappa shape index (κ2) is 7.83. The summed E-state index contributed by atoms with van der Waals surface area (Å²) in [6.07, 6.45) is 0. The van der Waals surface area contributed by atoms with Crippen LogP contribution < -0.4 is 14.8 Å². The average molecular weight is 379 g/mol. The number of nitrogens with one attached hydrogen (secondary N) is 2. The largest absolute Gasteiger partial charge is 0.494 e. The molecular weight excluding hydrogens is 362 g/mol. The summed E-state index contributed by atoms with van der Waals surface area (Å²) in [5.41, 5.74) is 0.285. The highest BCUT2D eigenvalue weighted by atomic mass is 32.2. The highest BCUT2D eigenvalue weighted by Gasteiger charge is 2.21. The molecule has 9 nitrogen and oxygen atoms in total. The minimum Gasteiger partial charge on any atom is -0.494 e. The normalized spacial score (nSPS) is 10.8. The van der Waals surface area contributed by atoms with Crippen LogP contribution >= 0.6 is 0 Å². The fourth-order valence-electron chi connectivity index (χ4n) is 2.07. The number of amides is 2. The molecule has 2 aromatic carbocycles. The van der Waals surface area contributed by atoms with Crippen LogP contribution in [0, 0.1) is 17.0 Å². The Morgan fingerprint density at radius 2 is 1.85 bits per heavy atom. The van der Waals surface area contributed by atoms with E-state index in [1.807, 2.05) is 4.72 Å². The topological polar surface area (TPSA) is 128 Å². The summed E-state index contributed by atoms with van der Waals surface area (Å²) in [5, 5.41) is 13.3. The van der Waals surface area contributed by atoms with Crippen LogP contribution in [-0.2, 0) is 10.0 Å². The molecule has 2 aromatic rings. The lowest BCUT2D eigenvalue weighted by Crippen LogP contribution is -2.34. The van der Waals surface area contributed by atoms with Gasteiger partial charge in [-0.15, -0.1) is 0 Å². The lowest BCUT2D eigenvalue weighted by atomic mass is 10.2. The zero-order valence-corrected chi connectivity index (χ0v) is 14.9. The first-order chi connectivity index (χ1) is 12.2. The van der Waals surface area contributed by atoms with Crippen molar-refractivity contribution in [3.05, 3.63) is 58.1 Å². The van der Waals surface area contributed by atoms with Gasteiger partial charge >= 0.3 is 6.03 Å². The zero-order valence-electron chi connectivity index (χ0n) is 14.1. The third-order valence-corrected chi connectivity index (χ3v) is 4.63. The van der Waals surface area contributed by atoms with Gasteiger partial charge in [-0.1, -0.05) is 17.7 Å². The van der Waals surface area contributed by atoms with E-state index in [0.29, 0.717) is 6.61 Å². The number of carbonyl (C=O) groups excluding carboxylic acids is 1. The quantitative estimate of drug-likeness (QED) is 0.587. The third kappa shape index (κ3) is 4.70. The number of hydrogen-bond donors (Lipinski definition) is 2. The number of sulfonamides is 1. The molecule has 2 amide bonds. The van der Waals surface area contributed by atoms with Crippen LogP contribution in [0.25, 0.3) is 0 Å². The number of benzene rings is 2. The first kappa shape index (κ1) is 19.2. The predicted octanol–water partition coefficient (Wildman–Crippen LogP) is 2.81. The number of rotatable bonds is 6. The smallest absolute Gasteiger partial charge is 0.333 e. The van der Waals surface area contributed by atoms with Gasteiger partial charge in [0.15, 0.2) is 0 Å². The van der Waals surface area contributed by atoms with Gasteiger partial charge in [-0.3, -0.25) is 10.1 Å². The molecule has 26 heavy (non-hydrogen) atoms. The Morgan fingerprint density at radius 1 is 1.19 bits per heavy atom. The third-order valence-electron chi connectivity index (χ3n) is 3.28. The molecule has 0 saturated carbocycles. The van der Waals surface area contributed by atoms with Crippen LogP contribution in [-0.4, -0.2) is 26.0 Å². The summed E-state index contributed by atoms with van der Waals surface area (Å²) in [4.78, 5) is 22.4. The molecule has 0 atom stereocenters. The van der Waals surface area contributed by atoms with Gasteiger partial charge in [0.1, 0.15) is 11.4 Å². The molecule has 0 aliphatic carbocycles. The van der Waals surface area contributed by atoms with Crippen molar-refractivity contribution in [1.29, 1.82) is 0 Å². The summed E-state index contributed by atoms with van der Waals surface area (Å²) in [5.74, 6) is 0.262. The number of nitro groups is 1. The van der Waals surface area contributed by atoms with Gasteiger partial charge in [-0.25, -0.2) is 17.9 Å². The number of anilines is 1. The maximum absolute atomic E-state index is 12.2. The van der Waals surface area contributed by atoms with Gasteiger partial charge < -0.3 is 10.1 Å². The minimum absolute atomic E-state index is 0.0977. The number of carbonyl (C=O) groups is 1. The standard InChI is InChI=1S/C16H17N3O6S/c1-3-25-12-6-9-14(15(10-12)19(21)22)17-16(20)18-26(23,24)13-7-4-11(2)5-8-13/h4-10H,3H2,1-2H3,(H2,17,18,20). The number of nitro benzene ring substituents is 1. The molecule has 0 heterocycles. The van der Waals surface area contributed by atoms with E-state index in [4.69, 9.17) is 4.74 Å². The molecule has 0 aromatic heterocycles. The van der Waals surface area contributed by atoms with Crippen molar-refractivity contribution in [2.75, 3.05) is 11.9 Å². The van der Waals surface area contributed by atoms with E-state index in [-0.39, 0.29) is 16.3 Å². The zero-order chi connectivity index (χ0) is 19.3. The fourth-order valence-corrected chi connectivity index (χ4v) is 2.98. The van der Waals surface area contributed by atoms with Gasteiger partial charge in [0.25, 0.3) is 15.7 Å². The van der Waals surface area contributed by atoms with Gasteiger partial charge in [0, 0.05) is 0 Å². The molecule has 0 fully saturated rings. The number of urea groups is 1. The number of hydrogen-bond acceptors (Lipinski definition) is 6. The molecular formula is C16H17N3O6S. The highest BCUT2D eigenvalue weighted by Crippen LogP contribution is 2.29. The molecule has 2 N–H and O–H groups in total. The van der Waals surface area contributed by atoms with Crippen LogP contribution in [0.5, 0.6) is 5.75 Å². The Morgan fingerprint density at radius 3 is 2.42 bits per heavy atom. The van der Waals surface area contributed by atoms with Gasteiger partial charge in [0.05, 0.1) is 22.5 Å². The Kier molecular flexibility index (Phi) is 5.78. The molecule has 10 heteroatoms. The summed E-state index contributed by atoms with van der Waals surface area (Å²) in [6.45, 7) is 3.84. The monoisotopic (exact) mass is 379 g/mol. The maximum atomic E-state index is 12.2. The van der Waals surface area contributed by atoms with Crippen LogP contribution in [0.3, 0.4) is 0 Å². The number of aryl methyl sites for hydroxylation is 1. The summed E-state index contributed by atoms with van der Waals surface area (Å²) < 4.78 is 31.3. The van der Waals surface area contributed by atoms with E-state index in [9.17, 15) is 23.3 Å². The van der Waals surface area contributed by atoms with Crippen molar-refractivity contribution in [2.24, 2.45) is 0 Å². The van der Waals surface area contributed by atoms with E-state index >= 15 is 0 Å². The molecule has 0 radical (unpaired) electrons. The number of nitrogens with zero attached hydrogens (tertiary/aromatic N) is 1. The van der Waals surface area contributed by atoms with Crippen molar-refractivity contribution in [3.63, 3.8) is 0 Å². The molecule has 138 valence electrons. The lowest BCUT2D eigenvalue weighted by Gasteiger charge is -2.10. The lowest BCUT2D eigenvalue weighted by molar-refractivity contribution is -0.384. The molecule has 0 spiro atoms. The fraction of sp³-hybridized carbons (Fsp3) is 0.188. The minimum atomic E-state index is -4.10. The van der Waals surface area contributed by atoms with Gasteiger partial charge in [0.2, 0.25) is 0 Å². The molecule has 0 aliphatic heterocycles. The van der Waals surface area contributed by atoms with Crippen molar-refractivity contribution in [1.82, 2.24) is 4.72 Å². The molecule has 0 unspecified atom stereocenters. The second-order valence-electron chi connectivity index (χ2n) is 5.24. The van der Waals surface area contributed by atoms with Crippen molar-refractivity contribution < 1.29 is 22.9 Å². The van der Waals surface area contributed by atoms with Gasteiger partial charge in [-0.2, -0.15) is 0 Å². The first-order valence-corrected chi connectivity index (χ1v) is 9.03. The predicted molar refractivity (Wildman–Crippen MR) is 94.8 cm³/mol. The van der Waals surface area contributed by atoms with Crippen LogP contribution in [0.2, 0.25) is 0 Å². The summed E-state index contributed by atoms with van der Waals surface area (Å²) in [7, 11) is -4.10. The van der Waals surface area contributed by atoms with E-state index in [1.54, 1.807) is 26.0 Å². The van der Waals surface area contributed by atoms with Gasteiger partial charge in [-0.05, 0) is 38.1 Å². The van der Waals surface area contributed by atoms with E-state index in [2.05, 4.69) is 5.32 Å². The van der Waals surface area contributed by atoms with Crippen LogP contribution in [0.1, 0.15) is 12.5 Å². The first-order valence-electron chi connectivity index (χ1n) is 7.54. The number of ether oxygens (including phenoxy) is 1. The van der Waals surface area contributed by atoms with Crippen LogP contribution in [0.15, 0.2) is 47.4 Å². The van der Waals surface area contributed by atoms with Crippen molar-refractivity contribution >= 4 is 27.4 Å². The molecule has 2 rings (SSSR count). The maximum Gasteiger partial charge on any atom is 0.333 e. The second-order valence-corrected chi connectivity index (χ2v) is 6.92. The average Bonchev–Trinajstić information content (AvgIpc) is 2.56. The highest BCUT2D eigenvalue weighted by molar-refractivity contribution is 7.90. The molecule has 0 aliphatic rings. The van der Waals surface area contributed by atoms with Crippen molar-refractivity contribution in [3.8, 4) is 5.75 Å². The Labute approximate surface area is 150 Å². The SMILES string of the molecule is CCOc1ccc(NC(=O)NS(=O)(=O)c2ccc(C)cc2)c([N+](=O)[O-])c1. The Hall–Kier alpha value is -3.14. The van der Waals surface area contributed by atoms with Crippen molar-refractivity contribution in [2.45, 2.75) is 18.7 Å².